The second-order valence-corrected chi connectivity index (χ2v) is 12.8. The van der Waals surface area contributed by atoms with Gasteiger partial charge in [0.05, 0.1) is 44.1 Å². The summed E-state index contributed by atoms with van der Waals surface area (Å²) in [5, 5.41) is 24.0. The molecule has 2 fully saturated rings. The number of aromatic hydroxyl groups is 1. The van der Waals surface area contributed by atoms with Gasteiger partial charge in [0.2, 0.25) is 0 Å². The lowest BCUT2D eigenvalue weighted by Crippen LogP contribution is -2.54. The highest BCUT2D eigenvalue weighted by Gasteiger charge is 2.39. The zero-order chi connectivity index (χ0) is 31.6. The van der Waals surface area contributed by atoms with E-state index in [1.165, 1.54) is 4.90 Å². The Morgan fingerprint density at radius 2 is 1.80 bits per heavy atom. The van der Waals surface area contributed by atoms with Crippen LogP contribution in [0.3, 0.4) is 0 Å². The Hall–Kier alpha value is -3.67. The molecule has 3 aliphatic heterocycles. The molecule has 0 spiro atoms. The molecule has 5 rings (SSSR count). The molecular weight excluding hydrogens is 566 g/mol. The van der Waals surface area contributed by atoms with Crippen molar-refractivity contribution < 1.29 is 38.8 Å². The second-order valence-electron chi connectivity index (χ2n) is 12.8. The van der Waals surface area contributed by atoms with Gasteiger partial charge in [-0.25, -0.2) is 4.79 Å². The number of aliphatic hydroxyl groups is 1. The first-order valence-electron chi connectivity index (χ1n) is 15.3. The molecule has 2 saturated heterocycles. The van der Waals surface area contributed by atoms with Crippen molar-refractivity contribution in [3.63, 3.8) is 0 Å². The highest BCUT2D eigenvalue weighted by molar-refractivity contribution is 6.01. The summed E-state index contributed by atoms with van der Waals surface area (Å²) in [6.07, 6.45) is 0.663. The lowest BCUT2D eigenvalue weighted by molar-refractivity contribution is -0.0116. The number of nitrogens with zero attached hydrogens (tertiary/aromatic N) is 2. The first-order chi connectivity index (χ1) is 20.9. The number of phenolic OH excluding ortho intramolecular Hbond substituents is 1. The van der Waals surface area contributed by atoms with Gasteiger partial charge >= 0.3 is 6.09 Å². The van der Waals surface area contributed by atoms with Crippen LogP contribution < -0.4 is 10.1 Å². The Balaban J connectivity index is 1.27. The molecule has 0 radical (unpaired) electrons. The number of hydrogen-bond acceptors (Lipinski definition) is 9. The van der Waals surface area contributed by atoms with Crippen molar-refractivity contribution >= 4 is 17.8 Å². The highest BCUT2D eigenvalue weighted by atomic mass is 16.6. The molecule has 2 unspecified atom stereocenters. The summed E-state index contributed by atoms with van der Waals surface area (Å²) in [7, 11) is 0. The predicted octanol–water partition coefficient (Wildman–Crippen LogP) is 3.29. The number of rotatable bonds is 9. The fraction of sp³-hybridized carbons (Fsp3) is 0.545. The standard InChI is InChI=1S/C33H43N3O8/c1-5-43-30-14-21(29(39)17-35-23-8-9-24(35)19-42-18-23)7-11-26(30)31(40)34-15-28(38)27-13-20-6-10-25(37)12-22(20)16-36(27)32(41)44-33(2,3)4/h6-7,10-12,14,23-24,27-28,37-38H,5,8-9,13,15-19H2,1-4H3,(H,34,40)/t23?,24?,27-,28+/m0/s1. The van der Waals surface area contributed by atoms with Crippen LogP contribution in [0.5, 0.6) is 11.5 Å². The predicted molar refractivity (Wildman–Crippen MR) is 162 cm³/mol. The first kappa shape index (κ1) is 31.7. The maximum absolute atomic E-state index is 13.3. The number of fused-ring (bicyclic) bond motifs is 3. The molecule has 2 amide bonds. The average Bonchev–Trinajstić information content (AvgIpc) is 3.18. The van der Waals surface area contributed by atoms with Crippen LogP contribution in [-0.4, -0.2) is 101 Å². The molecule has 11 nitrogen and oxygen atoms in total. The fourth-order valence-corrected chi connectivity index (χ4v) is 6.27. The molecule has 0 saturated carbocycles. The summed E-state index contributed by atoms with van der Waals surface area (Å²) in [6, 6.07) is 9.61. The van der Waals surface area contributed by atoms with Crippen molar-refractivity contribution in [3.05, 3.63) is 58.7 Å². The van der Waals surface area contributed by atoms with Gasteiger partial charge in [0.15, 0.2) is 5.78 Å². The highest BCUT2D eigenvalue weighted by Crippen LogP contribution is 2.31. The van der Waals surface area contributed by atoms with Crippen LogP contribution in [0.2, 0.25) is 0 Å². The monoisotopic (exact) mass is 609 g/mol. The second kappa shape index (κ2) is 13.1. The van der Waals surface area contributed by atoms with Gasteiger partial charge in [-0.15, -0.1) is 0 Å². The van der Waals surface area contributed by atoms with Gasteiger partial charge in [-0.1, -0.05) is 12.1 Å². The smallest absolute Gasteiger partial charge is 0.410 e. The minimum atomic E-state index is -1.12. The number of ketones is 1. The van der Waals surface area contributed by atoms with Crippen LogP contribution in [0.1, 0.15) is 72.4 Å². The number of Topliss-reactive ketones (excluding diaryl/α,β-unsaturated/α-hetero) is 1. The largest absolute Gasteiger partial charge is 0.508 e. The number of benzene rings is 2. The van der Waals surface area contributed by atoms with Crippen LogP contribution in [0.4, 0.5) is 4.79 Å². The Morgan fingerprint density at radius 3 is 2.48 bits per heavy atom. The Bertz CT molecular complexity index is 1370. The average molecular weight is 610 g/mol. The van der Waals surface area contributed by atoms with E-state index in [0.29, 0.717) is 38.3 Å². The maximum Gasteiger partial charge on any atom is 0.410 e. The van der Waals surface area contributed by atoms with Crippen molar-refractivity contribution in [2.24, 2.45) is 0 Å². The SMILES string of the molecule is CCOc1cc(C(=O)CN2C3CCC2COC3)ccc1C(=O)NC[C@@H](O)[C@@H]1Cc2ccc(O)cc2CN1C(=O)OC(C)(C)C. The van der Waals surface area contributed by atoms with E-state index >= 15 is 0 Å². The molecule has 0 aliphatic carbocycles. The zero-order valence-corrected chi connectivity index (χ0v) is 25.9. The van der Waals surface area contributed by atoms with Crippen molar-refractivity contribution in [2.45, 2.75) is 83.3 Å². The molecular formula is C33H43N3O8. The molecule has 0 aromatic heterocycles. The number of carbonyl (C=O) groups is 3. The van der Waals surface area contributed by atoms with E-state index in [9.17, 15) is 24.6 Å². The molecule has 2 bridgehead atoms. The number of nitrogens with one attached hydrogen (secondary N) is 1. The molecule has 3 N–H and O–H groups in total. The summed E-state index contributed by atoms with van der Waals surface area (Å²) in [4.78, 5) is 43.3. The minimum Gasteiger partial charge on any atom is -0.508 e. The summed E-state index contributed by atoms with van der Waals surface area (Å²) in [5.74, 6) is -0.134. The topological polar surface area (TPSA) is 138 Å². The molecule has 2 aromatic rings. The summed E-state index contributed by atoms with van der Waals surface area (Å²) in [5.41, 5.74) is 1.62. The lowest BCUT2D eigenvalue weighted by Gasteiger charge is -2.40. The van der Waals surface area contributed by atoms with Gasteiger partial charge < -0.3 is 29.7 Å². The van der Waals surface area contributed by atoms with Crippen molar-refractivity contribution in [1.82, 2.24) is 15.1 Å². The maximum atomic E-state index is 13.3. The number of carbonyl (C=O) groups excluding carboxylic acids is 3. The zero-order valence-electron chi connectivity index (χ0n) is 25.9. The van der Waals surface area contributed by atoms with Gasteiger partial charge in [-0.2, -0.15) is 0 Å². The summed E-state index contributed by atoms with van der Waals surface area (Å²) >= 11 is 0. The van der Waals surface area contributed by atoms with Gasteiger partial charge in [-0.05, 0) is 82.3 Å². The van der Waals surface area contributed by atoms with E-state index < -0.39 is 29.7 Å². The van der Waals surface area contributed by atoms with E-state index in [4.69, 9.17) is 14.2 Å². The van der Waals surface area contributed by atoms with Gasteiger partial charge in [0, 0.05) is 30.7 Å². The lowest BCUT2D eigenvalue weighted by atomic mass is 9.91. The van der Waals surface area contributed by atoms with Crippen molar-refractivity contribution in [1.29, 1.82) is 0 Å². The molecule has 4 atom stereocenters. The van der Waals surface area contributed by atoms with Crippen LogP contribution >= 0.6 is 0 Å². The van der Waals surface area contributed by atoms with E-state index in [1.807, 2.05) is 0 Å². The number of aliphatic hydroxyl groups excluding tert-OH is 1. The van der Waals surface area contributed by atoms with Gasteiger partial charge in [0.1, 0.15) is 17.1 Å². The van der Waals surface area contributed by atoms with Crippen LogP contribution in [0.15, 0.2) is 36.4 Å². The molecule has 2 aromatic carbocycles. The Kier molecular flexibility index (Phi) is 9.48. The van der Waals surface area contributed by atoms with Crippen LogP contribution in [0, 0.1) is 0 Å². The number of ether oxygens (including phenoxy) is 3. The van der Waals surface area contributed by atoms with E-state index in [-0.39, 0.29) is 48.0 Å². The molecule has 3 heterocycles. The van der Waals surface area contributed by atoms with Gasteiger partial charge in [0.25, 0.3) is 5.91 Å². The van der Waals surface area contributed by atoms with E-state index in [2.05, 4.69) is 10.2 Å². The minimum absolute atomic E-state index is 0.0414. The van der Waals surface area contributed by atoms with Gasteiger partial charge in [-0.3, -0.25) is 19.4 Å². The number of amides is 2. The summed E-state index contributed by atoms with van der Waals surface area (Å²) < 4.78 is 17.0. The third-order valence-corrected chi connectivity index (χ3v) is 8.47. The quantitative estimate of drug-likeness (QED) is 0.366. The third-order valence-electron chi connectivity index (χ3n) is 8.47. The van der Waals surface area contributed by atoms with Crippen LogP contribution in [-0.2, 0) is 22.4 Å². The van der Waals surface area contributed by atoms with Crippen LogP contribution in [0.25, 0.3) is 0 Å². The molecule has 238 valence electrons. The first-order valence-corrected chi connectivity index (χ1v) is 15.3. The van der Waals surface area contributed by atoms with Crippen molar-refractivity contribution in [2.75, 3.05) is 32.9 Å². The van der Waals surface area contributed by atoms with E-state index in [0.717, 1.165) is 24.0 Å². The van der Waals surface area contributed by atoms with Crippen molar-refractivity contribution in [3.8, 4) is 11.5 Å². The Morgan fingerprint density at radius 1 is 1.07 bits per heavy atom. The Labute approximate surface area is 258 Å². The number of hydrogen-bond donors (Lipinski definition) is 3. The molecule has 44 heavy (non-hydrogen) atoms. The molecule has 3 aliphatic rings. The normalized spacial score (nSPS) is 22.2. The molecule has 11 heteroatoms. The summed E-state index contributed by atoms with van der Waals surface area (Å²) in [6.45, 7) is 8.99. The third kappa shape index (κ3) is 7.17. The number of phenols is 1. The number of morpholine rings is 1. The van der Waals surface area contributed by atoms with E-state index in [1.54, 1.807) is 64.1 Å². The fourth-order valence-electron chi connectivity index (χ4n) is 6.27.